The average molecular weight is 360 g/mol. The maximum atomic E-state index is 13.0. The number of carbonyl (C=O) groups excluding carboxylic acids is 1. The summed E-state index contributed by atoms with van der Waals surface area (Å²) in [5.41, 5.74) is 0. The zero-order chi connectivity index (χ0) is 18.0. The molecular weight excluding hydrogens is 325 g/mol. The molecule has 24 heavy (non-hydrogen) atoms. The molecule has 1 rings (SSSR count). The van der Waals surface area contributed by atoms with Crippen LogP contribution in [0, 0.1) is 0 Å². The number of likely N-dealkylation sites (N-methyl/N-ethyl adjacent to an activating group) is 1. The summed E-state index contributed by atoms with van der Waals surface area (Å²) in [6.07, 6.45) is 10.4. The highest BCUT2D eigenvalue weighted by Crippen LogP contribution is 2.51. The van der Waals surface area contributed by atoms with Gasteiger partial charge in [0.25, 0.3) is 5.91 Å². The molecule has 0 radical (unpaired) electrons. The number of unbranched alkanes of at least 4 members (excludes halogenated alkanes) is 6. The molecule has 0 aliphatic carbocycles. The van der Waals surface area contributed by atoms with E-state index in [4.69, 9.17) is 9.05 Å². The monoisotopic (exact) mass is 360 g/mol. The highest BCUT2D eigenvalue weighted by Gasteiger charge is 2.66. The molecule has 1 aliphatic heterocycles. The second kappa shape index (κ2) is 11.2. The molecule has 5 nitrogen and oxygen atoms in total. The maximum Gasteiger partial charge on any atom is 0.704 e. The molecule has 1 fully saturated rings. The Morgan fingerprint density at radius 2 is 1.58 bits per heavy atom. The summed E-state index contributed by atoms with van der Waals surface area (Å²) in [6.45, 7) is 9.02. The van der Waals surface area contributed by atoms with E-state index in [1.165, 1.54) is 19.3 Å². The predicted molar refractivity (Wildman–Crippen MR) is 96.9 cm³/mol. The molecule has 0 spiro atoms. The van der Waals surface area contributed by atoms with Crippen molar-refractivity contribution in [1.29, 1.82) is 0 Å². The quantitative estimate of drug-likeness (QED) is 0.318. The molecule has 1 saturated heterocycles. The number of hydrogen-bond donors (Lipinski definition) is 0. The van der Waals surface area contributed by atoms with Crippen LogP contribution in [0.5, 0.6) is 0 Å². The Kier molecular flexibility index (Phi) is 10.0. The lowest BCUT2D eigenvalue weighted by Crippen LogP contribution is -2.56. The van der Waals surface area contributed by atoms with Gasteiger partial charge in [-0.3, -0.25) is 4.79 Å². The van der Waals surface area contributed by atoms with Crippen molar-refractivity contribution in [2.75, 3.05) is 6.54 Å². The van der Waals surface area contributed by atoms with Gasteiger partial charge in [-0.2, -0.15) is 0 Å². The van der Waals surface area contributed by atoms with Crippen LogP contribution in [0.1, 0.15) is 91.9 Å². The minimum absolute atomic E-state index is 0.151. The van der Waals surface area contributed by atoms with Crippen molar-refractivity contribution in [3.05, 3.63) is 0 Å². The van der Waals surface area contributed by atoms with E-state index in [1.807, 2.05) is 11.8 Å². The van der Waals surface area contributed by atoms with Crippen molar-refractivity contribution >= 4 is 14.2 Å². The first-order valence-electron chi connectivity index (χ1n) is 9.67. The van der Waals surface area contributed by atoms with Crippen molar-refractivity contribution in [3.63, 3.8) is 0 Å². The van der Waals surface area contributed by atoms with Crippen LogP contribution in [-0.2, 0) is 18.4 Å². The highest BCUT2D eigenvalue weighted by atomic mass is 31.1. The van der Waals surface area contributed by atoms with Gasteiger partial charge in [-0.1, -0.05) is 67.8 Å². The molecule has 0 N–H and O–H groups in total. The van der Waals surface area contributed by atoms with Gasteiger partial charge >= 0.3 is 14.0 Å². The van der Waals surface area contributed by atoms with Crippen LogP contribution in [0.15, 0.2) is 0 Å². The number of amides is 1. The fraction of sp³-hybridized carbons (Fsp3) is 0.944. The van der Waals surface area contributed by atoms with Gasteiger partial charge in [0.2, 0.25) is 0 Å². The van der Waals surface area contributed by atoms with Crippen LogP contribution < -0.4 is 0 Å². The smallest absolute Gasteiger partial charge is 0.335 e. The molecule has 0 aromatic heterocycles. The van der Waals surface area contributed by atoms with E-state index >= 15 is 0 Å². The second-order valence-electron chi connectivity index (χ2n) is 6.76. The van der Waals surface area contributed by atoms with E-state index in [-0.39, 0.29) is 11.9 Å². The van der Waals surface area contributed by atoms with E-state index in [2.05, 4.69) is 20.8 Å². The molecule has 1 heterocycles. The molecule has 6 heteroatoms. The number of nitrogens with zero attached hydrogens (tertiary/aromatic N) is 1. The molecular formula is C18H35NO4P+. The molecule has 1 aliphatic rings. The van der Waals surface area contributed by atoms with Gasteiger partial charge in [-0.25, -0.2) is 0 Å². The minimum Gasteiger partial charge on any atom is -0.335 e. The predicted octanol–water partition coefficient (Wildman–Crippen LogP) is 5.56. The summed E-state index contributed by atoms with van der Waals surface area (Å²) in [7, 11) is -2.12. The summed E-state index contributed by atoms with van der Waals surface area (Å²) in [6, 6.07) is 0.151. The third-order valence-electron chi connectivity index (χ3n) is 4.74. The first-order chi connectivity index (χ1) is 11.5. The van der Waals surface area contributed by atoms with E-state index in [1.54, 1.807) is 0 Å². The second-order valence-corrected chi connectivity index (χ2v) is 7.57. The number of hydrogen-bond acceptors (Lipinski definition) is 4. The van der Waals surface area contributed by atoms with Gasteiger partial charge in [0.05, 0.1) is 0 Å². The summed E-state index contributed by atoms with van der Waals surface area (Å²) in [4.78, 5) is 14.8. The van der Waals surface area contributed by atoms with E-state index in [0.717, 1.165) is 38.5 Å². The van der Waals surface area contributed by atoms with Crippen LogP contribution in [0.4, 0.5) is 0 Å². The van der Waals surface area contributed by atoms with Crippen LogP contribution in [0.2, 0.25) is 0 Å². The summed E-state index contributed by atoms with van der Waals surface area (Å²) >= 11 is 0. The van der Waals surface area contributed by atoms with Gasteiger partial charge in [0.1, 0.15) is 0 Å². The van der Waals surface area contributed by atoms with Crippen molar-refractivity contribution in [3.8, 4) is 0 Å². The Morgan fingerprint density at radius 3 is 2.08 bits per heavy atom. The van der Waals surface area contributed by atoms with Gasteiger partial charge < -0.3 is 4.90 Å². The van der Waals surface area contributed by atoms with E-state index < -0.39 is 14.0 Å². The molecule has 0 saturated carbocycles. The first-order valence-corrected chi connectivity index (χ1v) is 10.8. The molecule has 0 aromatic carbocycles. The zero-order valence-corrected chi connectivity index (χ0v) is 16.8. The van der Waals surface area contributed by atoms with E-state index in [0.29, 0.717) is 13.0 Å². The molecule has 0 bridgehead atoms. The first kappa shape index (κ1) is 21.5. The maximum absolute atomic E-state index is 13.0. The standard InChI is InChI=1S/C18H35NO4P/c1-5-8-10-12-14-16(4)19(7-3)17(20)18(22-24(21)23-18)15-13-11-9-6-2/h16H,5-15H2,1-4H3/q+1. The SMILES string of the molecule is CCCCCCC(C)N(CC)C(=O)C1(CCCCCC)O[P+](=O)O1. The van der Waals surface area contributed by atoms with Crippen LogP contribution in [0.3, 0.4) is 0 Å². The topological polar surface area (TPSA) is 55.8 Å². The number of carbonyl (C=O) groups is 1. The summed E-state index contributed by atoms with van der Waals surface area (Å²) in [5.74, 6) is -1.45. The van der Waals surface area contributed by atoms with Crippen LogP contribution in [0.25, 0.3) is 0 Å². The fourth-order valence-electron chi connectivity index (χ4n) is 3.21. The minimum atomic E-state index is -2.12. The molecule has 0 aromatic rings. The third kappa shape index (κ3) is 6.09. The van der Waals surface area contributed by atoms with Crippen molar-refractivity contribution in [1.82, 2.24) is 4.90 Å². The number of rotatable bonds is 13. The normalized spacial score (nSPS) is 22.9. The largest absolute Gasteiger partial charge is 0.704 e. The van der Waals surface area contributed by atoms with Gasteiger partial charge in [0.15, 0.2) is 0 Å². The Bertz CT molecular complexity index is 394. The van der Waals surface area contributed by atoms with Gasteiger partial charge in [-0.05, 0) is 26.7 Å². The molecule has 1 unspecified atom stereocenters. The van der Waals surface area contributed by atoms with Crippen molar-refractivity contribution < 1.29 is 18.4 Å². The lowest BCUT2D eigenvalue weighted by atomic mass is 10.0. The molecule has 140 valence electrons. The Labute approximate surface area is 148 Å². The molecule has 1 atom stereocenters. The third-order valence-corrected chi connectivity index (χ3v) is 5.63. The van der Waals surface area contributed by atoms with Gasteiger partial charge in [-0.15, -0.1) is 0 Å². The summed E-state index contributed by atoms with van der Waals surface area (Å²) < 4.78 is 22.0. The van der Waals surface area contributed by atoms with Crippen LogP contribution >= 0.6 is 8.25 Å². The van der Waals surface area contributed by atoms with E-state index in [9.17, 15) is 9.36 Å². The Morgan fingerprint density at radius 1 is 1.00 bits per heavy atom. The Balaban J connectivity index is 2.60. The van der Waals surface area contributed by atoms with Crippen LogP contribution in [-0.4, -0.2) is 29.2 Å². The fourth-order valence-corrected chi connectivity index (χ4v) is 4.04. The zero-order valence-electron chi connectivity index (χ0n) is 15.9. The highest BCUT2D eigenvalue weighted by molar-refractivity contribution is 7.34. The Hall–Kier alpha value is -0.510. The summed E-state index contributed by atoms with van der Waals surface area (Å²) in [5, 5.41) is 0. The van der Waals surface area contributed by atoms with Crippen molar-refractivity contribution in [2.45, 2.75) is 104 Å². The molecule has 1 amide bonds. The van der Waals surface area contributed by atoms with Crippen molar-refractivity contribution in [2.24, 2.45) is 0 Å². The van der Waals surface area contributed by atoms with Gasteiger partial charge in [0, 0.05) is 23.6 Å². The lowest BCUT2D eigenvalue weighted by Gasteiger charge is -2.35. The average Bonchev–Trinajstić information content (AvgIpc) is 2.54. The lowest BCUT2D eigenvalue weighted by molar-refractivity contribution is -0.212.